The number of nitrogens with zero attached hydrogens (tertiary/aromatic N) is 3. The van der Waals surface area contributed by atoms with Crippen molar-refractivity contribution in [1.82, 2.24) is 20.4 Å². The van der Waals surface area contributed by atoms with Crippen LogP contribution in [0.1, 0.15) is 21.8 Å². The van der Waals surface area contributed by atoms with E-state index in [0.29, 0.717) is 17.3 Å². The van der Waals surface area contributed by atoms with E-state index in [1.807, 2.05) is 31.2 Å². The smallest absolute Gasteiger partial charge is 0.253 e. The van der Waals surface area contributed by atoms with Crippen molar-refractivity contribution in [3.63, 3.8) is 0 Å². The molecule has 0 atom stereocenters. The molecule has 0 aliphatic heterocycles. The fraction of sp³-hybridized carbons (Fsp3) is 0.125. The number of carbonyl (C=O) groups excluding carboxylic acids is 1. The minimum atomic E-state index is -0.233. The summed E-state index contributed by atoms with van der Waals surface area (Å²) in [4.78, 5) is 20.1. The normalized spacial score (nSPS) is 10.4. The molecule has 0 saturated heterocycles. The van der Waals surface area contributed by atoms with Crippen LogP contribution >= 0.6 is 0 Å². The molecule has 1 aromatic carbocycles. The van der Waals surface area contributed by atoms with Crippen LogP contribution in [0, 0.1) is 6.92 Å². The van der Waals surface area contributed by atoms with E-state index in [-0.39, 0.29) is 12.5 Å². The van der Waals surface area contributed by atoms with Crippen LogP contribution < -0.4 is 5.32 Å². The van der Waals surface area contributed by atoms with Gasteiger partial charge in [-0.25, -0.2) is 0 Å². The number of amides is 1. The average Bonchev–Trinajstić information content (AvgIpc) is 3.02. The zero-order chi connectivity index (χ0) is 15.4. The molecule has 0 spiro atoms. The number of benzene rings is 1. The number of aryl methyl sites for hydroxylation is 1. The summed E-state index contributed by atoms with van der Waals surface area (Å²) in [6.07, 6.45) is 3.12. The highest BCUT2D eigenvalue weighted by Gasteiger charge is 2.11. The first-order valence-electron chi connectivity index (χ1n) is 6.80. The molecule has 0 radical (unpaired) electrons. The van der Waals surface area contributed by atoms with Crippen molar-refractivity contribution in [3.8, 4) is 11.4 Å². The molecule has 6 nitrogen and oxygen atoms in total. The quantitative estimate of drug-likeness (QED) is 0.799. The summed E-state index contributed by atoms with van der Waals surface area (Å²) in [5.74, 6) is 0.631. The SMILES string of the molecule is Cc1cccc(-c2noc(CNC(=O)c3cccnc3)n2)c1. The Morgan fingerprint density at radius 1 is 1.27 bits per heavy atom. The van der Waals surface area contributed by atoms with Crippen LogP contribution in [0.3, 0.4) is 0 Å². The molecule has 22 heavy (non-hydrogen) atoms. The zero-order valence-electron chi connectivity index (χ0n) is 12.0. The number of nitrogens with one attached hydrogen (secondary N) is 1. The summed E-state index contributed by atoms with van der Waals surface area (Å²) in [5.41, 5.74) is 2.49. The van der Waals surface area contributed by atoms with Gasteiger partial charge >= 0.3 is 0 Å². The van der Waals surface area contributed by atoms with E-state index in [9.17, 15) is 4.79 Å². The first-order chi connectivity index (χ1) is 10.7. The van der Waals surface area contributed by atoms with Crippen molar-refractivity contribution < 1.29 is 9.32 Å². The Morgan fingerprint density at radius 3 is 2.95 bits per heavy atom. The minimum Gasteiger partial charge on any atom is -0.343 e. The Morgan fingerprint density at radius 2 is 2.18 bits per heavy atom. The van der Waals surface area contributed by atoms with Gasteiger partial charge in [-0.15, -0.1) is 0 Å². The van der Waals surface area contributed by atoms with Crippen LogP contribution in [-0.2, 0) is 6.54 Å². The van der Waals surface area contributed by atoms with E-state index in [1.165, 1.54) is 6.20 Å². The summed E-state index contributed by atoms with van der Waals surface area (Å²) in [5, 5.41) is 6.64. The molecule has 0 aliphatic carbocycles. The van der Waals surface area contributed by atoms with Crippen LogP contribution in [0.15, 0.2) is 53.3 Å². The van der Waals surface area contributed by atoms with Crippen LogP contribution in [0.5, 0.6) is 0 Å². The molecule has 3 rings (SSSR count). The molecule has 1 N–H and O–H groups in total. The molecule has 0 bridgehead atoms. The van der Waals surface area contributed by atoms with Crippen LogP contribution in [0.4, 0.5) is 0 Å². The molecule has 0 aliphatic rings. The zero-order valence-corrected chi connectivity index (χ0v) is 12.0. The lowest BCUT2D eigenvalue weighted by molar-refractivity contribution is 0.0946. The fourth-order valence-corrected chi connectivity index (χ4v) is 1.98. The van der Waals surface area contributed by atoms with Crippen molar-refractivity contribution >= 4 is 5.91 Å². The van der Waals surface area contributed by atoms with Gasteiger partial charge in [0.05, 0.1) is 12.1 Å². The van der Waals surface area contributed by atoms with Crippen LogP contribution in [0.25, 0.3) is 11.4 Å². The molecule has 0 unspecified atom stereocenters. The number of carbonyl (C=O) groups is 1. The van der Waals surface area contributed by atoms with E-state index in [0.717, 1.165) is 11.1 Å². The Bertz CT molecular complexity index is 784. The van der Waals surface area contributed by atoms with Gasteiger partial charge in [0.25, 0.3) is 5.91 Å². The minimum absolute atomic E-state index is 0.173. The average molecular weight is 294 g/mol. The first-order valence-corrected chi connectivity index (χ1v) is 6.80. The Hall–Kier alpha value is -3.02. The third kappa shape index (κ3) is 3.17. The second kappa shape index (κ2) is 6.17. The number of rotatable bonds is 4. The molecule has 6 heteroatoms. The van der Waals surface area contributed by atoms with E-state index in [2.05, 4.69) is 20.4 Å². The maximum atomic E-state index is 11.9. The highest BCUT2D eigenvalue weighted by molar-refractivity contribution is 5.93. The maximum absolute atomic E-state index is 11.9. The van der Waals surface area contributed by atoms with Crippen molar-refractivity contribution in [2.24, 2.45) is 0 Å². The molecule has 0 saturated carbocycles. The Kier molecular flexibility index (Phi) is 3.91. The topological polar surface area (TPSA) is 80.9 Å². The summed E-state index contributed by atoms with van der Waals surface area (Å²) < 4.78 is 5.15. The van der Waals surface area contributed by atoms with Crippen molar-refractivity contribution in [3.05, 3.63) is 65.8 Å². The lowest BCUT2D eigenvalue weighted by Gasteiger charge is -2.00. The second-order valence-electron chi connectivity index (χ2n) is 4.81. The molecule has 3 aromatic rings. The highest BCUT2D eigenvalue weighted by atomic mass is 16.5. The van der Waals surface area contributed by atoms with E-state index < -0.39 is 0 Å². The predicted octanol–water partition coefficient (Wildman–Crippen LogP) is 2.37. The summed E-state index contributed by atoms with van der Waals surface area (Å²) in [7, 11) is 0. The number of hydrogen-bond donors (Lipinski definition) is 1. The van der Waals surface area contributed by atoms with Crippen LogP contribution in [0.2, 0.25) is 0 Å². The molecule has 2 heterocycles. The third-order valence-electron chi connectivity index (χ3n) is 3.07. The van der Waals surface area contributed by atoms with Crippen molar-refractivity contribution in [1.29, 1.82) is 0 Å². The van der Waals surface area contributed by atoms with Gasteiger partial charge in [-0.05, 0) is 25.1 Å². The molecular weight excluding hydrogens is 280 g/mol. The van der Waals surface area contributed by atoms with Crippen molar-refractivity contribution in [2.45, 2.75) is 13.5 Å². The predicted molar refractivity (Wildman–Crippen MR) is 79.9 cm³/mol. The van der Waals surface area contributed by atoms with E-state index >= 15 is 0 Å². The molecular formula is C16H14N4O2. The third-order valence-corrected chi connectivity index (χ3v) is 3.07. The van der Waals surface area contributed by atoms with Gasteiger partial charge in [0.2, 0.25) is 11.7 Å². The molecule has 0 fully saturated rings. The standard InChI is InChI=1S/C16H14N4O2/c1-11-4-2-5-12(8-11)15-19-14(22-20-15)10-18-16(21)13-6-3-7-17-9-13/h2-9H,10H2,1H3,(H,18,21). The largest absolute Gasteiger partial charge is 0.343 e. The van der Waals surface area contributed by atoms with E-state index in [1.54, 1.807) is 18.3 Å². The fourth-order valence-electron chi connectivity index (χ4n) is 1.98. The molecule has 110 valence electrons. The van der Waals surface area contributed by atoms with Gasteiger partial charge < -0.3 is 9.84 Å². The Balaban J connectivity index is 1.66. The second-order valence-corrected chi connectivity index (χ2v) is 4.81. The van der Waals surface area contributed by atoms with E-state index in [4.69, 9.17) is 4.52 Å². The lowest BCUT2D eigenvalue weighted by atomic mass is 10.1. The number of hydrogen-bond acceptors (Lipinski definition) is 5. The summed E-state index contributed by atoms with van der Waals surface area (Å²) in [6, 6.07) is 11.2. The van der Waals surface area contributed by atoms with Gasteiger partial charge in [0.15, 0.2) is 0 Å². The Labute approximate surface area is 127 Å². The van der Waals surface area contributed by atoms with Gasteiger partial charge in [-0.3, -0.25) is 9.78 Å². The monoisotopic (exact) mass is 294 g/mol. The number of pyridine rings is 1. The molecule has 1 amide bonds. The van der Waals surface area contributed by atoms with Gasteiger partial charge in [-0.1, -0.05) is 28.9 Å². The van der Waals surface area contributed by atoms with Gasteiger partial charge in [-0.2, -0.15) is 4.98 Å². The highest BCUT2D eigenvalue weighted by Crippen LogP contribution is 2.16. The van der Waals surface area contributed by atoms with Crippen molar-refractivity contribution in [2.75, 3.05) is 0 Å². The van der Waals surface area contributed by atoms with Gasteiger partial charge in [0, 0.05) is 18.0 Å². The molecule has 2 aromatic heterocycles. The van der Waals surface area contributed by atoms with Crippen LogP contribution in [-0.4, -0.2) is 21.0 Å². The summed E-state index contributed by atoms with van der Waals surface area (Å²) >= 11 is 0. The lowest BCUT2D eigenvalue weighted by Crippen LogP contribution is -2.22. The maximum Gasteiger partial charge on any atom is 0.253 e. The number of aromatic nitrogens is 3. The first kappa shape index (κ1) is 13.9. The van der Waals surface area contributed by atoms with Gasteiger partial charge in [0.1, 0.15) is 0 Å². The summed E-state index contributed by atoms with van der Waals surface area (Å²) in [6.45, 7) is 2.17.